The number of rotatable bonds is 3. The number of urea groups is 1. The third-order valence-corrected chi connectivity index (χ3v) is 3.50. The van der Waals surface area contributed by atoms with Crippen LogP contribution in [-0.4, -0.2) is 65.7 Å². The Hall–Kier alpha value is -1.30. The minimum atomic E-state index is -0.780. The van der Waals surface area contributed by atoms with Gasteiger partial charge in [0.15, 0.2) is 0 Å². The number of nitrogens with one attached hydrogen (secondary N) is 1. The zero-order chi connectivity index (χ0) is 12.6. The van der Waals surface area contributed by atoms with E-state index >= 15 is 0 Å². The lowest BCUT2D eigenvalue weighted by Gasteiger charge is -2.28. The van der Waals surface area contributed by atoms with Crippen LogP contribution in [-0.2, 0) is 4.79 Å². The molecule has 0 aliphatic carbocycles. The summed E-state index contributed by atoms with van der Waals surface area (Å²) in [5, 5.41) is 10.5. The SMILES string of the molecule is CC(C)(CN1C[C@@H]2CNCCN2C1=O)C(=O)[OH2+]. The molecule has 0 saturated carbocycles. The van der Waals surface area contributed by atoms with Crippen molar-refractivity contribution in [2.24, 2.45) is 5.41 Å². The molecular weight excluding hydrogens is 222 g/mol. The topological polar surface area (TPSA) is 75.5 Å². The summed E-state index contributed by atoms with van der Waals surface area (Å²) in [6.07, 6.45) is 0. The number of nitrogens with zero attached hydrogens (tertiary/aromatic N) is 2. The molecule has 2 amide bonds. The largest absolute Gasteiger partial charge is 0.564 e. The Morgan fingerprint density at radius 3 is 2.88 bits per heavy atom. The second-order valence-corrected chi connectivity index (χ2v) is 5.43. The van der Waals surface area contributed by atoms with Crippen molar-refractivity contribution >= 4 is 12.0 Å². The maximum absolute atomic E-state index is 12.1. The zero-order valence-corrected chi connectivity index (χ0v) is 10.3. The molecule has 2 aliphatic rings. The Morgan fingerprint density at radius 2 is 2.29 bits per heavy atom. The van der Waals surface area contributed by atoms with Crippen molar-refractivity contribution in [3.8, 4) is 0 Å². The molecule has 2 fully saturated rings. The zero-order valence-electron chi connectivity index (χ0n) is 10.3. The first-order valence-corrected chi connectivity index (χ1v) is 5.94. The standard InChI is InChI=1S/C11H19N3O3/c1-11(2,9(15)16)7-13-6-8-5-12-3-4-14(8)10(13)17/h8,12H,3-7H2,1-2H3,(H,15,16)/p+1/t8-/m0/s1. The minimum absolute atomic E-state index is 0.00539. The molecule has 2 aliphatic heterocycles. The lowest BCUT2D eigenvalue weighted by atomic mass is 9.93. The van der Waals surface area contributed by atoms with E-state index in [2.05, 4.69) is 5.32 Å². The molecule has 96 valence electrons. The molecule has 0 aromatic carbocycles. The van der Waals surface area contributed by atoms with Crippen molar-refractivity contribution in [3.63, 3.8) is 0 Å². The normalized spacial score (nSPS) is 25.1. The Bertz CT molecular complexity index is 343. The molecule has 2 saturated heterocycles. The molecule has 1 atom stereocenters. The molecule has 6 nitrogen and oxygen atoms in total. The highest BCUT2D eigenvalue weighted by atomic mass is 16.4. The maximum atomic E-state index is 12.1. The second kappa shape index (κ2) is 4.18. The first-order valence-electron chi connectivity index (χ1n) is 5.94. The highest BCUT2D eigenvalue weighted by Gasteiger charge is 2.44. The van der Waals surface area contributed by atoms with E-state index in [0.29, 0.717) is 13.1 Å². The Labute approximate surface area is 101 Å². The summed E-state index contributed by atoms with van der Waals surface area (Å²) in [5.41, 5.74) is -0.780. The number of fused-ring (bicyclic) bond motifs is 1. The summed E-state index contributed by atoms with van der Waals surface area (Å²) in [6.45, 7) is 6.80. The van der Waals surface area contributed by atoms with Crippen LogP contribution in [0.4, 0.5) is 4.79 Å². The molecule has 2 heterocycles. The molecular formula is C11H20N3O3+. The molecule has 0 spiro atoms. The summed E-state index contributed by atoms with van der Waals surface area (Å²) < 4.78 is 0. The van der Waals surface area contributed by atoms with Gasteiger partial charge < -0.3 is 20.2 Å². The molecule has 0 radical (unpaired) electrons. The molecule has 6 heteroatoms. The van der Waals surface area contributed by atoms with E-state index in [1.54, 1.807) is 18.7 Å². The van der Waals surface area contributed by atoms with Crippen molar-refractivity contribution in [2.45, 2.75) is 19.9 Å². The van der Waals surface area contributed by atoms with Gasteiger partial charge in [0.25, 0.3) is 0 Å². The monoisotopic (exact) mass is 242 g/mol. The van der Waals surface area contributed by atoms with Crippen molar-refractivity contribution in [1.82, 2.24) is 15.1 Å². The Kier molecular flexibility index (Phi) is 2.99. The lowest BCUT2D eigenvalue weighted by molar-refractivity contribution is -0.147. The summed E-state index contributed by atoms with van der Waals surface area (Å²) in [5.74, 6) is -0.617. The fourth-order valence-corrected chi connectivity index (χ4v) is 2.37. The van der Waals surface area contributed by atoms with Crippen molar-refractivity contribution in [3.05, 3.63) is 0 Å². The lowest BCUT2D eigenvalue weighted by Crippen LogP contribution is -2.50. The van der Waals surface area contributed by atoms with Crippen molar-refractivity contribution in [2.75, 3.05) is 32.7 Å². The predicted octanol–water partition coefficient (Wildman–Crippen LogP) is -1.03. The van der Waals surface area contributed by atoms with Gasteiger partial charge in [0, 0.05) is 37.5 Å². The van der Waals surface area contributed by atoms with E-state index in [1.807, 2.05) is 4.90 Å². The van der Waals surface area contributed by atoms with Crippen molar-refractivity contribution < 1.29 is 14.7 Å². The molecule has 0 unspecified atom stereocenters. The van der Waals surface area contributed by atoms with Crippen LogP contribution in [0.25, 0.3) is 0 Å². The number of hydrogen-bond donors (Lipinski definition) is 1. The first-order chi connectivity index (χ1) is 7.92. The van der Waals surface area contributed by atoms with E-state index in [9.17, 15) is 9.59 Å². The summed E-state index contributed by atoms with van der Waals surface area (Å²) in [4.78, 5) is 26.8. The van der Waals surface area contributed by atoms with Gasteiger partial charge in [-0.15, -0.1) is 0 Å². The van der Waals surface area contributed by atoms with E-state index in [-0.39, 0.29) is 12.1 Å². The summed E-state index contributed by atoms with van der Waals surface area (Å²) in [6, 6.07) is 0.221. The molecule has 0 aromatic heterocycles. The number of carbonyl (C=O) groups is 2. The predicted molar refractivity (Wildman–Crippen MR) is 62.7 cm³/mol. The van der Waals surface area contributed by atoms with Gasteiger partial charge in [0.1, 0.15) is 5.41 Å². The smallest absolute Gasteiger partial charge is 0.523 e. The molecule has 3 N–H and O–H groups in total. The van der Waals surface area contributed by atoms with E-state index in [0.717, 1.165) is 19.6 Å². The average Bonchev–Trinajstić information content (AvgIpc) is 2.56. The number of amides is 2. The van der Waals surface area contributed by atoms with Crippen molar-refractivity contribution in [1.29, 1.82) is 0 Å². The molecule has 0 bridgehead atoms. The fraction of sp³-hybridized carbons (Fsp3) is 0.818. The number of carbonyl (C=O) groups excluding carboxylic acids is 2. The van der Waals surface area contributed by atoms with Gasteiger partial charge in [0.2, 0.25) is 0 Å². The van der Waals surface area contributed by atoms with Crippen LogP contribution < -0.4 is 5.32 Å². The highest BCUT2D eigenvalue weighted by Crippen LogP contribution is 2.23. The van der Waals surface area contributed by atoms with E-state index in [4.69, 9.17) is 5.11 Å². The quantitative estimate of drug-likeness (QED) is 0.643. The third-order valence-electron chi connectivity index (χ3n) is 3.50. The van der Waals surface area contributed by atoms with Crippen LogP contribution in [0.3, 0.4) is 0 Å². The van der Waals surface area contributed by atoms with Gasteiger partial charge in [-0.05, 0) is 13.8 Å². The Balaban J connectivity index is 2.04. The van der Waals surface area contributed by atoms with Crippen LogP contribution in [0.1, 0.15) is 13.8 Å². The van der Waals surface area contributed by atoms with Gasteiger partial charge in [-0.1, -0.05) is 0 Å². The molecule has 0 aromatic rings. The Morgan fingerprint density at radius 1 is 1.59 bits per heavy atom. The van der Waals surface area contributed by atoms with Crippen LogP contribution in [0.15, 0.2) is 0 Å². The van der Waals surface area contributed by atoms with Crippen LogP contribution in [0, 0.1) is 5.41 Å². The van der Waals surface area contributed by atoms with Gasteiger partial charge in [-0.3, -0.25) is 0 Å². The minimum Gasteiger partial charge on any atom is -0.564 e. The van der Waals surface area contributed by atoms with Crippen LogP contribution in [0.5, 0.6) is 0 Å². The molecule has 2 rings (SSSR count). The number of piperazine rings is 1. The third kappa shape index (κ3) is 2.22. The van der Waals surface area contributed by atoms with Crippen LogP contribution >= 0.6 is 0 Å². The molecule has 17 heavy (non-hydrogen) atoms. The summed E-state index contributed by atoms with van der Waals surface area (Å²) >= 11 is 0. The van der Waals surface area contributed by atoms with Gasteiger partial charge >= 0.3 is 12.0 Å². The fourth-order valence-electron chi connectivity index (χ4n) is 2.37. The first kappa shape index (κ1) is 12.2. The van der Waals surface area contributed by atoms with Crippen LogP contribution in [0.2, 0.25) is 0 Å². The van der Waals surface area contributed by atoms with Gasteiger partial charge in [-0.2, -0.15) is 0 Å². The van der Waals surface area contributed by atoms with Gasteiger partial charge in [-0.25, -0.2) is 4.79 Å². The number of hydrogen-bond acceptors (Lipinski definition) is 3. The highest BCUT2D eigenvalue weighted by molar-refractivity contribution is 5.79. The second-order valence-electron chi connectivity index (χ2n) is 5.43. The van der Waals surface area contributed by atoms with Gasteiger partial charge in [0.05, 0.1) is 6.04 Å². The maximum Gasteiger partial charge on any atom is 0.523 e. The van der Waals surface area contributed by atoms with E-state index in [1.165, 1.54) is 0 Å². The summed E-state index contributed by atoms with van der Waals surface area (Å²) in [7, 11) is 0. The van der Waals surface area contributed by atoms with E-state index < -0.39 is 11.4 Å². The average molecular weight is 242 g/mol.